The van der Waals surface area contributed by atoms with E-state index in [4.69, 9.17) is 10.5 Å². The molecule has 0 saturated carbocycles. The summed E-state index contributed by atoms with van der Waals surface area (Å²) in [6, 6.07) is 17.4. The Hall–Kier alpha value is -2.68. The number of halogens is 2. The number of anilines is 1. The number of ether oxygens (including phenoxy) is 1. The molecule has 1 aromatic heterocycles. The number of aromatic nitrogens is 1. The molecule has 0 aliphatic heterocycles. The first-order chi connectivity index (χ1) is 13.1. The van der Waals surface area contributed by atoms with Crippen molar-refractivity contribution in [2.45, 2.75) is 19.9 Å². The van der Waals surface area contributed by atoms with Gasteiger partial charge in [0.15, 0.2) is 5.96 Å². The molecule has 0 unspecified atom stereocenters. The maximum absolute atomic E-state index is 13.0. The molecule has 0 spiro atoms. The summed E-state index contributed by atoms with van der Waals surface area (Å²) < 4.78 is 18.6. The zero-order valence-corrected chi connectivity index (χ0v) is 17.8. The summed E-state index contributed by atoms with van der Waals surface area (Å²) >= 11 is 0. The van der Waals surface area contributed by atoms with E-state index in [2.05, 4.69) is 28.3 Å². The van der Waals surface area contributed by atoms with Gasteiger partial charge in [-0.25, -0.2) is 14.4 Å². The molecule has 0 radical (unpaired) electrons. The molecule has 146 valence electrons. The van der Waals surface area contributed by atoms with Crippen molar-refractivity contribution in [3.05, 3.63) is 83.8 Å². The van der Waals surface area contributed by atoms with Crippen LogP contribution in [-0.4, -0.2) is 10.9 Å². The van der Waals surface area contributed by atoms with Crippen LogP contribution in [0.15, 0.2) is 71.9 Å². The number of hydrogen-bond acceptors (Lipinski definition) is 3. The molecule has 0 aliphatic carbocycles. The quantitative estimate of drug-likeness (QED) is 0.285. The van der Waals surface area contributed by atoms with Crippen LogP contribution in [0, 0.1) is 5.82 Å². The Balaban J connectivity index is 0.00000280. The van der Waals surface area contributed by atoms with Gasteiger partial charge in [-0.05, 0) is 60.0 Å². The van der Waals surface area contributed by atoms with Crippen molar-refractivity contribution in [2.24, 2.45) is 10.7 Å². The molecule has 28 heavy (non-hydrogen) atoms. The van der Waals surface area contributed by atoms with Gasteiger partial charge in [-0.2, -0.15) is 0 Å². The van der Waals surface area contributed by atoms with Crippen molar-refractivity contribution in [2.75, 3.05) is 5.32 Å². The summed E-state index contributed by atoms with van der Waals surface area (Å²) in [5.74, 6) is 0.949. The van der Waals surface area contributed by atoms with Crippen LogP contribution in [0.2, 0.25) is 0 Å². The van der Waals surface area contributed by atoms with E-state index in [-0.39, 0.29) is 29.8 Å². The number of nitrogens with zero attached hydrogens (tertiary/aromatic N) is 2. The van der Waals surface area contributed by atoms with E-state index < -0.39 is 0 Å². The highest BCUT2D eigenvalue weighted by Crippen LogP contribution is 2.20. The number of aliphatic imine (C=N–C) groups is 1. The Morgan fingerprint density at radius 3 is 2.64 bits per heavy atom. The van der Waals surface area contributed by atoms with Crippen LogP contribution in [0.25, 0.3) is 0 Å². The van der Waals surface area contributed by atoms with Gasteiger partial charge in [0.05, 0.1) is 6.54 Å². The SMILES string of the molecule is CCc1cccc(NC(N)=NCc2ccnc(Oc3ccc(F)cc3)c2)c1.I. The predicted molar refractivity (Wildman–Crippen MR) is 121 cm³/mol. The van der Waals surface area contributed by atoms with Gasteiger partial charge in [-0.3, -0.25) is 0 Å². The van der Waals surface area contributed by atoms with E-state index >= 15 is 0 Å². The van der Waals surface area contributed by atoms with Crippen molar-refractivity contribution in [3.8, 4) is 11.6 Å². The number of nitrogens with two attached hydrogens (primary N) is 1. The summed E-state index contributed by atoms with van der Waals surface area (Å²) in [6.07, 6.45) is 2.60. The first kappa shape index (κ1) is 21.6. The Morgan fingerprint density at radius 2 is 1.89 bits per heavy atom. The molecule has 0 atom stereocenters. The van der Waals surface area contributed by atoms with Crippen LogP contribution in [0.3, 0.4) is 0 Å². The normalized spacial score (nSPS) is 10.9. The summed E-state index contributed by atoms with van der Waals surface area (Å²) in [6.45, 7) is 2.49. The molecule has 2 aromatic carbocycles. The molecule has 5 nitrogen and oxygen atoms in total. The van der Waals surface area contributed by atoms with E-state index in [0.29, 0.717) is 24.1 Å². The highest BCUT2D eigenvalue weighted by atomic mass is 127. The molecular weight excluding hydrogens is 470 g/mol. The maximum atomic E-state index is 13.0. The number of rotatable bonds is 6. The van der Waals surface area contributed by atoms with Crippen LogP contribution < -0.4 is 15.8 Å². The molecule has 1 heterocycles. The third-order valence-corrected chi connectivity index (χ3v) is 3.87. The van der Waals surface area contributed by atoms with Gasteiger partial charge < -0.3 is 15.8 Å². The van der Waals surface area contributed by atoms with Crippen molar-refractivity contribution < 1.29 is 9.13 Å². The average Bonchev–Trinajstić information content (AvgIpc) is 2.69. The van der Waals surface area contributed by atoms with Crippen molar-refractivity contribution in [1.29, 1.82) is 0 Å². The first-order valence-corrected chi connectivity index (χ1v) is 8.66. The Labute approximate surface area is 180 Å². The van der Waals surface area contributed by atoms with Crippen molar-refractivity contribution in [1.82, 2.24) is 4.98 Å². The predicted octanol–water partition coefficient (Wildman–Crippen LogP) is 5.12. The zero-order chi connectivity index (χ0) is 19.1. The topological polar surface area (TPSA) is 72.5 Å². The Bertz CT molecular complexity index is 932. The third-order valence-electron chi connectivity index (χ3n) is 3.87. The standard InChI is InChI=1S/C21H21FN4O.HI/c1-2-15-4-3-5-18(12-15)26-21(23)25-14-16-10-11-24-20(13-16)27-19-8-6-17(22)7-9-19;/h3-13H,2,14H2,1H3,(H3,23,25,26);1H. The lowest BCUT2D eigenvalue weighted by molar-refractivity contribution is 0.460. The lowest BCUT2D eigenvalue weighted by Crippen LogP contribution is -2.22. The number of aryl methyl sites for hydroxylation is 1. The molecule has 7 heteroatoms. The monoisotopic (exact) mass is 492 g/mol. The van der Waals surface area contributed by atoms with Gasteiger partial charge in [0.2, 0.25) is 5.88 Å². The zero-order valence-electron chi connectivity index (χ0n) is 15.4. The first-order valence-electron chi connectivity index (χ1n) is 8.66. The van der Waals surface area contributed by atoms with Crippen molar-refractivity contribution in [3.63, 3.8) is 0 Å². The molecular formula is C21H22FIN4O. The van der Waals surface area contributed by atoms with Crippen LogP contribution in [0.5, 0.6) is 11.6 Å². The van der Waals surface area contributed by atoms with E-state index in [9.17, 15) is 4.39 Å². The second-order valence-corrected chi connectivity index (χ2v) is 5.94. The van der Waals surface area contributed by atoms with E-state index in [0.717, 1.165) is 17.7 Å². The van der Waals surface area contributed by atoms with Crippen LogP contribution in [0.1, 0.15) is 18.1 Å². The molecule has 0 amide bonds. The highest BCUT2D eigenvalue weighted by Gasteiger charge is 2.02. The summed E-state index contributed by atoms with van der Waals surface area (Å²) in [5.41, 5.74) is 9.01. The Morgan fingerprint density at radius 1 is 1.11 bits per heavy atom. The highest BCUT2D eigenvalue weighted by molar-refractivity contribution is 14.0. The molecule has 0 saturated heterocycles. The fourth-order valence-corrected chi connectivity index (χ4v) is 2.46. The lowest BCUT2D eigenvalue weighted by atomic mass is 10.1. The van der Waals surface area contributed by atoms with Gasteiger partial charge in [-0.1, -0.05) is 19.1 Å². The fourth-order valence-electron chi connectivity index (χ4n) is 2.46. The van der Waals surface area contributed by atoms with E-state index in [1.54, 1.807) is 24.4 Å². The number of pyridine rings is 1. The fraction of sp³-hybridized carbons (Fsp3) is 0.143. The Kier molecular flexibility index (Phi) is 8.19. The van der Waals surface area contributed by atoms with Crippen LogP contribution >= 0.6 is 24.0 Å². The maximum Gasteiger partial charge on any atom is 0.219 e. The number of nitrogens with one attached hydrogen (secondary N) is 1. The van der Waals surface area contributed by atoms with E-state index in [1.165, 1.54) is 17.7 Å². The minimum atomic E-state index is -0.314. The number of benzene rings is 2. The second kappa shape index (κ2) is 10.6. The molecule has 0 bridgehead atoms. The summed E-state index contributed by atoms with van der Waals surface area (Å²) in [5, 5.41) is 3.09. The second-order valence-electron chi connectivity index (χ2n) is 5.94. The number of hydrogen-bond donors (Lipinski definition) is 2. The molecule has 3 aromatic rings. The van der Waals surface area contributed by atoms with Gasteiger partial charge in [0, 0.05) is 18.0 Å². The van der Waals surface area contributed by atoms with Gasteiger partial charge >= 0.3 is 0 Å². The van der Waals surface area contributed by atoms with Gasteiger partial charge in [0.25, 0.3) is 0 Å². The molecule has 0 fully saturated rings. The lowest BCUT2D eigenvalue weighted by Gasteiger charge is -2.08. The molecule has 3 rings (SSSR count). The van der Waals surface area contributed by atoms with Gasteiger partial charge in [0.1, 0.15) is 11.6 Å². The van der Waals surface area contributed by atoms with Gasteiger partial charge in [-0.15, -0.1) is 24.0 Å². The van der Waals surface area contributed by atoms with E-state index in [1.807, 2.05) is 24.3 Å². The molecule has 0 aliphatic rings. The minimum Gasteiger partial charge on any atom is -0.439 e. The molecule has 3 N–H and O–H groups in total. The van der Waals surface area contributed by atoms with Crippen molar-refractivity contribution >= 4 is 35.6 Å². The van der Waals surface area contributed by atoms with Crippen LogP contribution in [0.4, 0.5) is 10.1 Å². The number of guanidine groups is 1. The smallest absolute Gasteiger partial charge is 0.219 e. The largest absolute Gasteiger partial charge is 0.439 e. The minimum absolute atomic E-state index is 0. The summed E-state index contributed by atoms with van der Waals surface area (Å²) in [7, 11) is 0. The summed E-state index contributed by atoms with van der Waals surface area (Å²) in [4.78, 5) is 8.52. The average molecular weight is 492 g/mol. The van der Waals surface area contributed by atoms with Crippen LogP contribution in [-0.2, 0) is 13.0 Å². The third kappa shape index (κ3) is 6.49.